The van der Waals surface area contributed by atoms with Crippen LogP contribution < -0.4 is 0 Å². The molecule has 0 aromatic carbocycles. The van der Waals surface area contributed by atoms with Crippen molar-refractivity contribution in [2.45, 2.75) is 25.6 Å². The van der Waals surface area contributed by atoms with Crippen LogP contribution in [-0.4, -0.2) is 47.8 Å². The van der Waals surface area contributed by atoms with Gasteiger partial charge in [-0.25, -0.2) is 0 Å². The van der Waals surface area contributed by atoms with Gasteiger partial charge in [0.25, 0.3) is 0 Å². The number of β-amino-alcohol motifs (C(OH)–C–C–N with tert-alkyl or cyclic N) is 1. The van der Waals surface area contributed by atoms with Gasteiger partial charge in [-0.05, 0) is 6.92 Å². The average Bonchev–Trinajstić information content (AvgIpc) is 2.49. The molecule has 1 saturated heterocycles. The van der Waals surface area contributed by atoms with E-state index in [-0.39, 0.29) is 25.0 Å². The predicted molar refractivity (Wildman–Crippen MR) is 48.2 cm³/mol. The van der Waals surface area contributed by atoms with E-state index in [1.54, 1.807) is 6.07 Å². The van der Waals surface area contributed by atoms with Crippen molar-refractivity contribution in [2.75, 3.05) is 19.7 Å². The summed E-state index contributed by atoms with van der Waals surface area (Å²) >= 11 is 0. The van der Waals surface area contributed by atoms with Gasteiger partial charge in [0, 0.05) is 19.7 Å². The fourth-order valence-electron chi connectivity index (χ4n) is 1.52. The Balaban J connectivity index is 2.46. The van der Waals surface area contributed by atoms with Gasteiger partial charge in [0.1, 0.15) is 12.5 Å². The molecule has 1 N–H and O–H groups in total. The standard InChI is InChI=1S/C9H14N2O3/c1-2-14-8-6-11(5-7(8)12)9(13)3-4-10/h7-8,12H,2-3,5-6H2,1H3/t7-,8+/m0/s1. The molecule has 14 heavy (non-hydrogen) atoms. The molecular weight excluding hydrogens is 184 g/mol. The molecule has 1 aliphatic heterocycles. The van der Waals surface area contributed by atoms with Gasteiger partial charge >= 0.3 is 0 Å². The topological polar surface area (TPSA) is 73.6 Å². The Hall–Kier alpha value is -1.12. The molecule has 0 bridgehead atoms. The van der Waals surface area contributed by atoms with Crippen LogP contribution in [0.4, 0.5) is 0 Å². The van der Waals surface area contributed by atoms with Crippen molar-refractivity contribution in [2.24, 2.45) is 0 Å². The van der Waals surface area contributed by atoms with Crippen molar-refractivity contribution in [1.29, 1.82) is 5.26 Å². The summed E-state index contributed by atoms with van der Waals surface area (Å²) in [5.41, 5.74) is 0. The number of nitriles is 1. The Morgan fingerprint density at radius 3 is 3.00 bits per heavy atom. The number of nitrogens with zero attached hydrogens (tertiary/aromatic N) is 2. The smallest absolute Gasteiger partial charge is 0.236 e. The van der Waals surface area contributed by atoms with E-state index in [2.05, 4.69) is 0 Å². The van der Waals surface area contributed by atoms with Crippen molar-refractivity contribution in [3.05, 3.63) is 0 Å². The molecule has 5 heteroatoms. The summed E-state index contributed by atoms with van der Waals surface area (Å²) in [6, 6.07) is 1.79. The van der Waals surface area contributed by atoms with E-state index in [0.29, 0.717) is 13.2 Å². The van der Waals surface area contributed by atoms with Crippen LogP contribution in [0.15, 0.2) is 0 Å². The van der Waals surface area contributed by atoms with Gasteiger partial charge in [-0.1, -0.05) is 0 Å². The van der Waals surface area contributed by atoms with Gasteiger partial charge in [-0.15, -0.1) is 0 Å². The first-order chi connectivity index (χ1) is 6.69. The number of rotatable bonds is 3. The third kappa shape index (κ3) is 2.44. The fourth-order valence-corrected chi connectivity index (χ4v) is 1.52. The highest BCUT2D eigenvalue weighted by atomic mass is 16.5. The maximum absolute atomic E-state index is 11.3. The number of carbonyl (C=O) groups is 1. The van der Waals surface area contributed by atoms with Crippen molar-refractivity contribution in [3.63, 3.8) is 0 Å². The van der Waals surface area contributed by atoms with E-state index in [4.69, 9.17) is 10.00 Å². The molecule has 78 valence electrons. The molecule has 0 aromatic heterocycles. The number of ether oxygens (including phenoxy) is 1. The lowest BCUT2D eigenvalue weighted by molar-refractivity contribution is -0.129. The zero-order chi connectivity index (χ0) is 10.6. The molecule has 2 atom stereocenters. The number of hydrogen-bond acceptors (Lipinski definition) is 4. The molecule has 1 amide bonds. The van der Waals surface area contributed by atoms with E-state index in [1.807, 2.05) is 6.92 Å². The molecule has 1 rings (SSSR count). The zero-order valence-electron chi connectivity index (χ0n) is 8.14. The van der Waals surface area contributed by atoms with Crippen LogP contribution in [0.1, 0.15) is 13.3 Å². The minimum absolute atomic E-state index is 0.133. The molecule has 0 unspecified atom stereocenters. The molecule has 1 aliphatic rings. The first-order valence-electron chi connectivity index (χ1n) is 4.63. The van der Waals surface area contributed by atoms with Gasteiger partial charge in [0.05, 0.1) is 12.2 Å². The van der Waals surface area contributed by atoms with Crippen LogP contribution in [0.2, 0.25) is 0 Å². The first kappa shape index (κ1) is 11.0. The Kier molecular flexibility index (Phi) is 3.86. The van der Waals surface area contributed by atoms with E-state index in [1.165, 1.54) is 4.90 Å². The van der Waals surface area contributed by atoms with Gasteiger partial charge in [0.15, 0.2) is 0 Å². The van der Waals surface area contributed by atoms with Gasteiger partial charge in [0.2, 0.25) is 5.91 Å². The molecule has 1 fully saturated rings. The van der Waals surface area contributed by atoms with Crippen molar-refractivity contribution in [1.82, 2.24) is 4.90 Å². The van der Waals surface area contributed by atoms with E-state index >= 15 is 0 Å². The number of hydrogen-bond donors (Lipinski definition) is 1. The van der Waals surface area contributed by atoms with Crippen LogP contribution in [0, 0.1) is 11.3 Å². The van der Waals surface area contributed by atoms with Crippen LogP contribution in [0.25, 0.3) is 0 Å². The summed E-state index contributed by atoms with van der Waals surface area (Å²) in [6.07, 6.45) is -1.06. The van der Waals surface area contributed by atoms with E-state index in [9.17, 15) is 9.90 Å². The largest absolute Gasteiger partial charge is 0.388 e. The highest BCUT2D eigenvalue weighted by molar-refractivity contribution is 5.78. The summed E-state index contributed by atoms with van der Waals surface area (Å²) in [4.78, 5) is 12.7. The maximum Gasteiger partial charge on any atom is 0.236 e. The number of likely N-dealkylation sites (tertiary alicyclic amines) is 1. The predicted octanol–water partition coefficient (Wildman–Crippen LogP) is -0.492. The zero-order valence-corrected chi connectivity index (χ0v) is 8.14. The van der Waals surface area contributed by atoms with E-state index in [0.717, 1.165) is 0 Å². The molecule has 5 nitrogen and oxygen atoms in total. The Bertz CT molecular complexity index is 249. The van der Waals surface area contributed by atoms with Crippen molar-refractivity contribution >= 4 is 5.91 Å². The van der Waals surface area contributed by atoms with E-state index < -0.39 is 6.10 Å². The number of aliphatic hydroxyl groups is 1. The summed E-state index contributed by atoms with van der Waals surface area (Å²) in [5, 5.41) is 17.8. The summed E-state index contributed by atoms with van der Waals surface area (Å²) in [7, 11) is 0. The maximum atomic E-state index is 11.3. The molecule has 1 heterocycles. The summed E-state index contributed by atoms with van der Waals surface area (Å²) in [5.74, 6) is -0.242. The minimum Gasteiger partial charge on any atom is -0.388 e. The second-order valence-corrected chi connectivity index (χ2v) is 3.19. The minimum atomic E-state index is -0.627. The lowest BCUT2D eigenvalue weighted by Gasteiger charge is -2.14. The van der Waals surface area contributed by atoms with Gasteiger partial charge in [-0.2, -0.15) is 5.26 Å². The second kappa shape index (κ2) is 4.94. The monoisotopic (exact) mass is 198 g/mol. The van der Waals surface area contributed by atoms with Crippen LogP contribution in [0.5, 0.6) is 0 Å². The Morgan fingerprint density at radius 1 is 1.71 bits per heavy atom. The Morgan fingerprint density at radius 2 is 2.43 bits per heavy atom. The number of amides is 1. The lowest BCUT2D eigenvalue weighted by Crippen LogP contribution is -2.29. The highest BCUT2D eigenvalue weighted by Gasteiger charge is 2.33. The van der Waals surface area contributed by atoms with Crippen molar-refractivity contribution < 1.29 is 14.6 Å². The quantitative estimate of drug-likeness (QED) is 0.664. The Labute approximate surface area is 82.9 Å². The number of carbonyl (C=O) groups excluding carboxylic acids is 1. The molecule has 0 saturated carbocycles. The number of aliphatic hydroxyl groups excluding tert-OH is 1. The van der Waals surface area contributed by atoms with Crippen LogP contribution in [-0.2, 0) is 9.53 Å². The lowest BCUT2D eigenvalue weighted by atomic mass is 10.3. The van der Waals surface area contributed by atoms with Gasteiger partial charge < -0.3 is 14.7 Å². The first-order valence-corrected chi connectivity index (χ1v) is 4.63. The second-order valence-electron chi connectivity index (χ2n) is 3.19. The normalized spacial score (nSPS) is 26.2. The third-order valence-corrected chi connectivity index (χ3v) is 2.20. The molecule has 0 aliphatic carbocycles. The summed E-state index contributed by atoms with van der Waals surface area (Å²) < 4.78 is 5.25. The summed E-state index contributed by atoms with van der Waals surface area (Å²) in [6.45, 7) is 3.01. The average molecular weight is 198 g/mol. The SMILES string of the molecule is CCO[C@@H]1CN(C(=O)CC#N)C[C@@H]1O. The fraction of sp³-hybridized carbons (Fsp3) is 0.778. The van der Waals surface area contributed by atoms with Crippen molar-refractivity contribution in [3.8, 4) is 6.07 Å². The van der Waals surface area contributed by atoms with Gasteiger partial charge in [-0.3, -0.25) is 4.79 Å². The third-order valence-electron chi connectivity index (χ3n) is 2.20. The highest BCUT2D eigenvalue weighted by Crippen LogP contribution is 2.14. The molecular formula is C9H14N2O3. The molecule has 0 radical (unpaired) electrons. The molecule has 0 spiro atoms. The molecule has 0 aromatic rings. The van der Waals surface area contributed by atoms with Crippen LogP contribution >= 0.6 is 0 Å². The van der Waals surface area contributed by atoms with Crippen LogP contribution in [0.3, 0.4) is 0 Å².